The number of nitrogen functional groups attached to an aromatic ring is 1. The number of benzene rings is 2. The Balaban J connectivity index is 1.86. The number of nitrogens with two attached hydrogens (primary N) is 1. The van der Waals surface area contributed by atoms with Crippen molar-refractivity contribution < 1.29 is 4.52 Å². The Morgan fingerprint density at radius 1 is 1.10 bits per heavy atom. The standard InChI is InChI=1S/C15H12ClN3O/c16-13-7-2-1-6-12(13)15-18-14(20-19-15)9-10-4-3-5-11(17)8-10/h1-8H,9,17H2. The van der Waals surface area contributed by atoms with Crippen LogP contribution in [0.25, 0.3) is 11.4 Å². The maximum absolute atomic E-state index is 6.11. The van der Waals surface area contributed by atoms with Crippen LogP contribution in [0.5, 0.6) is 0 Å². The molecule has 0 atom stereocenters. The van der Waals surface area contributed by atoms with Gasteiger partial charge in [-0.3, -0.25) is 0 Å². The zero-order valence-electron chi connectivity index (χ0n) is 10.6. The van der Waals surface area contributed by atoms with E-state index in [0.717, 1.165) is 11.1 Å². The van der Waals surface area contributed by atoms with Crippen molar-refractivity contribution in [3.8, 4) is 11.4 Å². The molecule has 4 nitrogen and oxygen atoms in total. The fraction of sp³-hybridized carbons (Fsp3) is 0.0667. The molecule has 0 unspecified atom stereocenters. The van der Waals surface area contributed by atoms with Crippen LogP contribution in [0.2, 0.25) is 5.02 Å². The van der Waals surface area contributed by atoms with Crippen molar-refractivity contribution >= 4 is 17.3 Å². The lowest BCUT2D eigenvalue weighted by molar-refractivity contribution is 0.386. The third-order valence-electron chi connectivity index (χ3n) is 2.89. The second kappa shape index (κ2) is 5.35. The highest BCUT2D eigenvalue weighted by Gasteiger charge is 2.11. The molecule has 0 saturated heterocycles. The van der Waals surface area contributed by atoms with Crippen molar-refractivity contribution in [1.29, 1.82) is 0 Å². The van der Waals surface area contributed by atoms with Gasteiger partial charge in [0.25, 0.3) is 0 Å². The monoisotopic (exact) mass is 285 g/mol. The average Bonchev–Trinajstić information content (AvgIpc) is 2.87. The van der Waals surface area contributed by atoms with Crippen LogP contribution in [0.15, 0.2) is 53.1 Å². The summed E-state index contributed by atoms with van der Waals surface area (Å²) in [5, 5.41) is 4.56. The van der Waals surface area contributed by atoms with E-state index < -0.39 is 0 Å². The predicted octanol–water partition coefficient (Wildman–Crippen LogP) is 3.56. The molecular weight excluding hydrogens is 274 g/mol. The van der Waals surface area contributed by atoms with Gasteiger partial charge in [0.1, 0.15) is 0 Å². The van der Waals surface area contributed by atoms with E-state index in [4.69, 9.17) is 21.9 Å². The van der Waals surface area contributed by atoms with E-state index in [9.17, 15) is 0 Å². The van der Waals surface area contributed by atoms with Crippen LogP contribution >= 0.6 is 11.6 Å². The summed E-state index contributed by atoms with van der Waals surface area (Å²) < 4.78 is 5.26. The van der Waals surface area contributed by atoms with Crippen LogP contribution in [0.3, 0.4) is 0 Å². The van der Waals surface area contributed by atoms with Gasteiger partial charge in [0.05, 0.1) is 11.4 Å². The van der Waals surface area contributed by atoms with E-state index in [2.05, 4.69) is 10.1 Å². The smallest absolute Gasteiger partial charge is 0.231 e. The van der Waals surface area contributed by atoms with Crippen molar-refractivity contribution in [2.45, 2.75) is 6.42 Å². The molecule has 1 aromatic heterocycles. The van der Waals surface area contributed by atoms with E-state index in [0.29, 0.717) is 28.8 Å². The first kappa shape index (κ1) is 12.7. The van der Waals surface area contributed by atoms with Crippen LogP contribution in [0.4, 0.5) is 5.69 Å². The lowest BCUT2D eigenvalue weighted by Crippen LogP contribution is -1.91. The van der Waals surface area contributed by atoms with E-state index in [1.807, 2.05) is 42.5 Å². The summed E-state index contributed by atoms with van der Waals surface area (Å²) >= 11 is 6.11. The summed E-state index contributed by atoms with van der Waals surface area (Å²) in [5.41, 5.74) is 8.25. The Bertz CT molecular complexity index is 739. The van der Waals surface area contributed by atoms with Crippen molar-refractivity contribution in [1.82, 2.24) is 10.1 Å². The summed E-state index contributed by atoms with van der Waals surface area (Å²) in [6.45, 7) is 0. The van der Waals surface area contributed by atoms with Crippen LogP contribution in [-0.4, -0.2) is 10.1 Å². The van der Waals surface area contributed by atoms with E-state index >= 15 is 0 Å². The van der Waals surface area contributed by atoms with Crippen molar-refractivity contribution in [3.05, 3.63) is 65.0 Å². The lowest BCUT2D eigenvalue weighted by Gasteiger charge is -1.98. The highest BCUT2D eigenvalue weighted by Crippen LogP contribution is 2.25. The number of anilines is 1. The molecule has 3 rings (SSSR count). The molecule has 100 valence electrons. The molecule has 0 spiro atoms. The SMILES string of the molecule is Nc1cccc(Cc2nc(-c3ccccc3Cl)no2)c1. The molecule has 0 saturated carbocycles. The number of halogens is 1. The van der Waals surface area contributed by atoms with Crippen LogP contribution in [0.1, 0.15) is 11.5 Å². The van der Waals surface area contributed by atoms with Gasteiger partial charge < -0.3 is 10.3 Å². The van der Waals surface area contributed by atoms with Gasteiger partial charge in [0.2, 0.25) is 11.7 Å². The van der Waals surface area contributed by atoms with Gasteiger partial charge >= 0.3 is 0 Å². The summed E-state index contributed by atoms with van der Waals surface area (Å²) in [4.78, 5) is 4.36. The van der Waals surface area contributed by atoms with E-state index in [1.165, 1.54) is 0 Å². The largest absolute Gasteiger partial charge is 0.399 e. The van der Waals surface area contributed by atoms with Gasteiger partial charge in [-0.05, 0) is 29.8 Å². The highest BCUT2D eigenvalue weighted by atomic mass is 35.5. The van der Waals surface area contributed by atoms with Gasteiger partial charge in [0.15, 0.2) is 0 Å². The Kier molecular flexibility index (Phi) is 3.39. The molecule has 0 fully saturated rings. The maximum Gasteiger partial charge on any atom is 0.231 e. The minimum atomic E-state index is 0.495. The fourth-order valence-electron chi connectivity index (χ4n) is 1.96. The molecule has 0 aliphatic rings. The molecule has 0 radical (unpaired) electrons. The molecule has 2 aromatic carbocycles. The topological polar surface area (TPSA) is 64.9 Å². The van der Waals surface area contributed by atoms with Crippen LogP contribution < -0.4 is 5.73 Å². The number of aromatic nitrogens is 2. The lowest BCUT2D eigenvalue weighted by atomic mass is 10.1. The van der Waals surface area contributed by atoms with E-state index in [1.54, 1.807) is 6.07 Å². The van der Waals surface area contributed by atoms with Crippen molar-refractivity contribution in [2.24, 2.45) is 0 Å². The molecule has 2 N–H and O–H groups in total. The molecule has 20 heavy (non-hydrogen) atoms. The molecule has 3 aromatic rings. The second-order valence-corrected chi connectivity index (χ2v) is 4.82. The van der Waals surface area contributed by atoms with Crippen molar-refractivity contribution in [3.63, 3.8) is 0 Å². The third kappa shape index (κ3) is 2.65. The first-order valence-corrected chi connectivity index (χ1v) is 6.52. The first-order valence-electron chi connectivity index (χ1n) is 6.14. The van der Waals surface area contributed by atoms with Gasteiger partial charge in [0, 0.05) is 11.3 Å². The Labute approximate surface area is 121 Å². The normalized spacial score (nSPS) is 10.7. The highest BCUT2D eigenvalue weighted by molar-refractivity contribution is 6.33. The van der Waals surface area contributed by atoms with Gasteiger partial charge in [-0.2, -0.15) is 4.98 Å². The van der Waals surface area contributed by atoms with E-state index in [-0.39, 0.29) is 0 Å². The van der Waals surface area contributed by atoms with Crippen molar-refractivity contribution in [2.75, 3.05) is 5.73 Å². The second-order valence-electron chi connectivity index (χ2n) is 4.41. The third-order valence-corrected chi connectivity index (χ3v) is 3.22. The van der Waals surface area contributed by atoms with Crippen LogP contribution in [0, 0.1) is 0 Å². The Morgan fingerprint density at radius 3 is 2.75 bits per heavy atom. The summed E-state index contributed by atoms with van der Waals surface area (Å²) in [7, 11) is 0. The molecule has 5 heteroatoms. The zero-order chi connectivity index (χ0) is 13.9. The zero-order valence-corrected chi connectivity index (χ0v) is 11.3. The number of hydrogen-bond acceptors (Lipinski definition) is 4. The molecule has 1 heterocycles. The summed E-state index contributed by atoms with van der Waals surface area (Å²) in [6.07, 6.45) is 0.544. The number of hydrogen-bond donors (Lipinski definition) is 1. The summed E-state index contributed by atoms with van der Waals surface area (Å²) in [5.74, 6) is 1.03. The molecule has 0 aliphatic heterocycles. The minimum absolute atomic E-state index is 0.495. The minimum Gasteiger partial charge on any atom is -0.399 e. The molecule has 0 aliphatic carbocycles. The summed E-state index contributed by atoms with van der Waals surface area (Å²) in [6, 6.07) is 15.0. The Morgan fingerprint density at radius 2 is 1.95 bits per heavy atom. The predicted molar refractivity (Wildman–Crippen MR) is 78.4 cm³/mol. The van der Waals surface area contributed by atoms with Gasteiger partial charge in [-0.15, -0.1) is 0 Å². The molecule has 0 bridgehead atoms. The van der Waals surface area contributed by atoms with Crippen LogP contribution in [-0.2, 0) is 6.42 Å². The molecule has 0 amide bonds. The van der Waals surface area contributed by atoms with Gasteiger partial charge in [-0.1, -0.05) is 41.0 Å². The maximum atomic E-state index is 6.11. The van der Waals surface area contributed by atoms with Gasteiger partial charge in [-0.25, -0.2) is 0 Å². The number of nitrogens with zero attached hydrogens (tertiary/aromatic N) is 2. The number of rotatable bonds is 3. The first-order chi connectivity index (χ1) is 9.72. The average molecular weight is 286 g/mol. The fourth-order valence-corrected chi connectivity index (χ4v) is 2.18. The quantitative estimate of drug-likeness (QED) is 0.747. The Hall–Kier alpha value is -2.33. The molecular formula is C15H12ClN3O.